The van der Waals surface area contributed by atoms with Crippen LogP contribution in [0.4, 0.5) is 0 Å². The Balaban J connectivity index is 1.60. The molecule has 8 nitrogen and oxygen atoms in total. The summed E-state index contributed by atoms with van der Waals surface area (Å²) in [5.41, 5.74) is 1.41. The van der Waals surface area contributed by atoms with Crippen molar-refractivity contribution < 1.29 is 9.21 Å². The zero-order valence-corrected chi connectivity index (χ0v) is 18.7. The number of amides is 1. The molecular weight excluding hydrogens is 438 g/mol. The van der Waals surface area contributed by atoms with Crippen molar-refractivity contribution in [3.05, 3.63) is 69.5 Å². The molecule has 3 heterocycles. The van der Waals surface area contributed by atoms with Gasteiger partial charge in [0.25, 0.3) is 5.91 Å². The summed E-state index contributed by atoms with van der Waals surface area (Å²) in [4.78, 5) is 25.3. The van der Waals surface area contributed by atoms with E-state index in [9.17, 15) is 9.59 Å². The molecule has 1 aliphatic rings. The van der Waals surface area contributed by atoms with Crippen LogP contribution in [0.25, 0.3) is 0 Å². The Bertz CT molecular complexity index is 1140. The zero-order chi connectivity index (χ0) is 22.0. The molecule has 0 aliphatic carbocycles. The molecule has 0 bridgehead atoms. The van der Waals surface area contributed by atoms with E-state index in [1.165, 1.54) is 16.8 Å². The topological polar surface area (TPSA) is 96.5 Å². The number of halogens is 1. The van der Waals surface area contributed by atoms with E-state index in [0.29, 0.717) is 28.9 Å². The van der Waals surface area contributed by atoms with Crippen molar-refractivity contribution in [2.24, 2.45) is 5.10 Å². The summed E-state index contributed by atoms with van der Waals surface area (Å²) in [6.07, 6.45) is 2.90. The number of aromatic nitrogens is 3. The molecule has 10 heteroatoms. The number of aromatic amines is 1. The van der Waals surface area contributed by atoms with E-state index in [0.717, 1.165) is 17.7 Å². The Morgan fingerprint density at radius 1 is 1.35 bits per heavy atom. The highest BCUT2D eigenvalue weighted by atomic mass is 35.5. The average molecular weight is 460 g/mol. The third kappa shape index (κ3) is 4.47. The Morgan fingerprint density at radius 2 is 2.13 bits per heavy atom. The predicted molar refractivity (Wildman–Crippen MR) is 119 cm³/mol. The summed E-state index contributed by atoms with van der Waals surface area (Å²) in [5, 5.41) is 13.3. The van der Waals surface area contributed by atoms with Gasteiger partial charge in [0.2, 0.25) is 0 Å². The van der Waals surface area contributed by atoms with Gasteiger partial charge < -0.3 is 4.42 Å². The van der Waals surface area contributed by atoms with Gasteiger partial charge in [0.15, 0.2) is 5.16 Å². The molecule has 0 fully saturated rings. The lowest BCUT2D eigenvalue weighted by molar-refractivity contribution is -0.132. The number of benzene rings is 1. The highest BCUT2D eigenvalue weighted by Gasteiger charge is 2.37. The van der Waals surface area contributed by atoms with Gasteiger partial charge in [-0.2, -0.15) is 5.10 Å². The molecule has 0 radical (unpaired) electrons. The second kappa shape index (κ2) is 9.15. The van der Waals surface area contributed by atoms with E-state index in [-0.39, 0.29) is 17.6 Å². The van der Waals surface area contributed by atoms with E-state index in [2.05, 4.69) is 15.3 Å². The number of furan rings is 1. The number of rotatable bonds is 7. The minimum atomic E-state index is -0.503. The first-order valence-electron chi connectivity index (χ1n) is 9.99. The fourth-order valence-electron chi connectivity index (χ4n) is 3.44. The molecule has 1 aliphatic heterocycles. The average Bonchev–Trinajstić information content (AvgIpc) is 3.50. The molecule has 1 N–H and O–H groups in total. The highest BCUT2D eigenvalue weighted by molar-refractivity contribution is 8.00. The first-order valence-corrected chi connectivity index (χ1v) is 11.3. The van der Waals surface area contributed by atoms with Crippen molar-refractivity contribution in [1.82, 2.24) is 19.8 Å². The summed E-state index contributed by atoms with van der Waals surface area (Å²) in [7, 11) is 0. The molecule has 162 valence electrons. The van der Waals surface area contributed by atoms with Crippen LogP contribution in [0.5, 0.6) is 0 Å². The van der Waals surface area contributed by atoms with Crippen molar-refractivity contribution in [2.75, 3.05) is 0 Å². The van der Waals surface area contributed by atoms with Crippen LogP contribution >= 0.6 is 23.4 Å². The first kappa shape index (κ1) is 21.5. The molecule has 2 unspecified atom stereocenters. The lowest BCUT2D eigenvalue weighted by Gasteiger charge is -2.22. The van der Waals surface area contributed by atoms with E-state index >= 15 is 0 Å². The molecule has 2 aromatic heterocycles. The fraction of sp³-hybridized carbons (Fsp3) is 0.333. The molecule has 0 saturated heterocycles. The second-order valence-corrected chi connectivity index (χ2v) is 8.94. The predicted octanol–water partition coefficient (Wildman–Crippen LogP) is 4.09. The number of nitrogens with zero attached hydrogens (tertiary/aromatic N) is 4. The summed E-state index contributed by atoms with van der Waals surface area (Å²) in [5.74, 6) is 0.481. The monoisotopic (exact) mass is 459 g/mol. The van der Waals surface area contributed by atoms with Gasteiger partial charge in [0, 0.05) is 18.0 Å². The minimum absolute atomic E-state index is 0.186. The third-order valence-corrected chi connectivity index (χ3v) is 6.32. The molecule has 4 rings (SSSR count). The van der Waals surface area contributed by atoms with Crippen LogP contribution in [0.1, 0.15) is 44.1 Å². The van der Waals surface area contributed by atoms with Crippen molar-refractivity contribution in [1.29, 1.82) is 0 Å². The Hall–Kier alpha value is -2.78. The van der Waals surface area contributed by atoms with Crippen molar-refractivity contribution in [3.63, 3.8) is 0 Å². The number of thioether (sulfide) groups is 1. The van der Waals surface area contributed by atoms with Crippen molar-refractivity contribution in [3.8, 4) is 0 Å². The molecule has 31 heavy (non-hydrogen) atoms. The largest absolute Gasteiger partial charge is 0.467 e. The van der Waals surface area contributed by atoms with Gasteiger partial charge >= 0.3 is 5.69 Å². The number of carbonyl (C=O) groups excluding carboxylic acids is 1. The standard InChI is InChI=1S/C21H22ClN5O3S/c1-3-10-26-20(29)23-24-21(26)31-13(2)19(28)27-17(18-5-4-11-30-18)12-16(25-27)14-6-8-15(22)9-7-14/h4-9,11,13,17H,3,10,12H2,1-2H3,(H,23,29). The maximum atomic E-state index is 13.4. The molecule has 1 amide bonds. The number of hydrogen-bond donors (Lipinski definition) is 1. The number of H-pyrrole nitrogens is 1. The second-order valence-electron chi connectivity index (χ2n) is 7.19. The molecule has 2 atom stereocenters. The molecule has 0 spiro atoms. The quantitative estimate of drug-likeness (QED) is 0.537. The normalized spacial score (nSPS) is 17.1. The molecule has 3 aromatic rings. The Morgan fingerprint density at radius 3 is 2.81 bits per heavy atom. The number of hydrazone groups is 1. The highest BCUT2D eigenvalue weighted by Crippen LogP contribution is 2.35. The zero-order valence-electron chi connectivity index (χ0n) is 17.1. The van der Waals surface area contributed by atoms with Crippen LogP contribution in [0.2, 0.25) is 5.02 Å². The maximum absolute atomic E-state index is 13.4. The van der Waals surface area contributed by atoms with E-state index in [4.69, 9.17) is 16.0 Å². The maximum Gasteiger partial charge on any atom is 0.343 e. The lowest BCUT2D eigenvalue weighted by Crippen LogP contribution is -2.33. The molecular formula is C21H22ClN5O3S. The van der Waals surface area contributed by atoms with E-state index in [1.54, 1.807) is 36.0 Å². The fourth-order valence-corrected chi connectivity index (χ4v) is 4.49. The molecule has 0 saturated carbocycles. The smallest absolute Gasteiger partial charge is 0.343 e. The number of hydrogen-bond acceptors (Lipinski definition) is 6. The summed E-state index contributed by atoms with van der Waals surface area (Å²) in [6, 6.07) is 10.7. The van der Waals surface area contributed by atoms with Crippen LogP contribution in [-0.2, 0) is 11.3 Å². The van der Waals surface area contributed by atoms with Crippen LogP contribution in [-0.4, -0.2) is 36.6 Å². The first-order chi connectivity index (χ1) is 15.0. The van der Waals surface area contributed by atoms with Crippen molar-refractivity contribution >= 4 is 35.0 Å². The summed E-state index contributed by atoms with van der Waals surface area (Å²) >= 11 is 7.24. The Labute approximate surface area is 188 Å². The van der Waals surface area contributed by atoms with Crippen LogP contribution in [0, 0.1) is 0 Å². The lowest BCUT2D eigenvalue weighted by atomic mass is 10.0. The van der Waals surface area contributed by atoms with Crippen LogP contribution in [0.3, 0.4) is 0 Å². The van der Waals surface area contributed by atoms with Crippen LogP contribution < -0.4 is 5.69 Å². The van der Waals surface area contributed by atoms with Gasteiger partial charge in [0.1, 0.15) is 11.8 Å². The Kier molecular flexibility index (Phi) is 6.33. The van der Waals surface area contributed by atoms with Crippen LogP contribution in [0.15, 0.2) is 62.1 Å². The summed E-state index contributed by atoms with van der Waals surface area (Å²) in [6.45, 7) is 4.31. The molecule has 1 aromatic carbocycles. The summed E-state index contributed by atoms with van der Waals surface area (Å²) < 4.78 is 7.14. The SMILES string of the molecule is CCCn1c(SC(C)C(=O)N2N=C(c3ccc(Cl)cc3)CC2c2ccco2)n[nH]c1=O. The van der Waals surface area contributed by atoms with E-state index < -0.39 is 5.25 Å². The minimum Gasteiger partial charge on any atom is -0.467 e. The van der Waals surface area contributed by atoms with Crippen molar-refractivity contribution in [2.45, 2.75) is 49.7 Å². The number of carbonyl (C=O) groups is 1. The van der Waals surface area contributed by atoms with Gasteiger partial charge in [-0.3, -0.25) is 9.36 Å². The van der Waals surface area contributed by atoms with Gasteiger partial charge in [-0.15, -0.1) is 5.10 Å². The van der Waals surface area contributed by atoms with Gasteiger partial charge in [-0.1, -0.05) is 42.4 Å². The third-order valence-electron chi connectivity index (χ3n) is 4.99. The number of nitrogens with one attached hydrogen (secondary N) is 1. The van der Waals surface area contributed by atoms with Gasteiger partial charge in [-0.25, -0.2) is 14.9 Å². The van der Waals surface area contributed by atoms with Gasteiger partial charge in [0.05, 0.1) is 17.2 Å². The van der Waals surface area contributed by atoms with E-state index in [1.807, 2.05) is 25.1 Å². The van der Waals surface area contributed by atoms with Gasteiger partial charge in [-0.05, 0) is 43.2 Å².